The summed E-state index contributed by atoms with van der Waals surface area (Å²) in [6, 6.07) is 3.27. The Bertz CT molecular complexity index is 670. The van der Waals surface area contributed by atoms with E-state index < -0.39 is 35.5 Å². The van der Waals surface area contributed by atoms with E-state index in [-0.39, 0.29) is 24.1 Å². The lowest BCUT2D eigenvalue weighted by Gasteiger charge is -2.24. The quantitative estimate of drug-likeness (QED) is 0.655. The number of ether oxygens (including phenoxy) is 1. The second-order valence-corrected chi connectivity index (χ2v) is 5.16. The van der Waals surface area contributed by atoms with Crippen LogP contribution in [0, 0.1) is 17.7 Å². The van der Waals surface area contributed by atoms with Gasteiger partial charge in [-0.3, -0.25) is 9.59 Å². The van der Waals surface area contributed by atoms with Crippen LogP contribution in [0.4, 0.5) is 10.1 Å². The first kappa shape index (κ1) is 16.7. The number of anilines is 1. The third-order valence-electron chi connectivity index (χ3n) is 3.73. The van der Waals surface area contributed by atoms with Gasteiger partial charge < -0.3 is 15.2 Å². The monoisotopic (exact) mass is 321 g/mol. The van der Waals surface area contributed by atoms with E-state index in [1.54, 1.807) is 12.2 Å². The van der Waals surface area contributed by atoms with Crippen LogP contribution < -0.4 is 5.32 Å². The Morgan fingerprint density at radius 3 is 2.48 bits per heavy atom. The fourth-order valence-electron chi connectivity index (χ4n) is 2.51. The first-order chi connectivity index (χ1) is 10.9. The van der Waals surface area contributed by atoms with E-state index in [0.29, 0.717) is 0 Å². The number of hydrogen-bond donors (Lipinski definition) is 2. The molecule has 0 radical (unpaired) electrons. The van der Waals surface area contributed by atoms with Crippen LogP contribution in [0.25, 0.3) is 0 Å². The molecule has 2 unspecified atom stereocenters. The highest BCUT2D eigenvalue weighted by molar-refractivity contribution is 6.02. The van der Waals surface area contributed by atoms with Crippen LogP contribution in [-0.2, 0) is 14.3 Å². The first-order valence-corrected chi connectivity index (χ1v) is 7.00. The molecule has 0 fully saturated rings. The highest BCUT2D eigenvalue weighted by atomic mass is 19.1. The zero-order valence-corrected chi connectivity index (χ0v) is 12.4. The molecule has 1 amide bonds. The minimum Gasteiger partial charge on any atom is -0.481 e. The average Bonchev–Trinajstić information content (AvgIpc) is 2.54. The number of methoxy groups -OCH3 is 1. The van der Waals surface area contributed by atoms with Crippen molar-refractivity contribution in [3.63, 3.8) is 0 Å². The molecule has 0 aliphatic heterocycles. The smallest absolute Gasteiger partial charge is 0.339 e. The van der Waals surface area contributed by atoms with Crippen molar-refractivity contribution in [2.45, 2.75) is 12.8 Å². The summed E-state index contributed by atoms with van der Waals surface area (Å²) >= 11 is 0. The maximum atomic E-state index is 13.4. The largest absolute Gasteiger partial charge is 0.481 e. The first-order valence-electron chi connectivity index (χ1n) is 7.00. The summed E-state index contributed by atoms with van der Waals surface area (Å²) in [6.45, 7) is 0. The Morgan fingerprint density at radius 2 is 1.87 bits per heavy atom. The maximum absolute atomic E-state index is 13.4. The van der Waals surface area contributed by atoms with Gasteiger partial charge in [-0.15, -0.1) is 0 Å². The minimum atomic E-state index is -1.07. The summed E-state index contributed by atoms with van der Waals surface area (Å²) in [6.07, 6.45) is 3.97. The molecular formula is C16H16FNO5. The molecule has 0 heterocycles. The van der Waals surface area contributed by atoms with Gasteiger partial charge in [0.2, 0.25) is 5.91 Å². The number of allylic oxidation sites excluding steroid dienone is 2. The summed E-state index contributed by atoms with van der Waals surface area (Å²) in [5, 5.41) is 11.6. The molecule has 23 heavy (non-hydrogen) atoms. The molecule has 1 aliphatic carbocycles. The number of nitrogens with one attached hydrogen (secondary N) is 1. The number of benzene rings is 1. The summed E-state index contributed by atoms with van der Waals surface area (Å²) in [4.78, 5) is 35.3. The third-order valence-corrected chi connectivity index (χ3v) is 3.73. The SMILES string of the molecule is COC(=O)c1ccc(F)cc1NC(=O)C1CC=CCC1C(=O)O. The van der Waals surface area contributed by atoms with Crippen molar-refractivity contribution in [2.75, 3.05) is 12.4 Å². The number of esters is 1. The standard InChI is InChI=1S/C16H16FNO5/c1-23-16(22)12-7-6-9(17)8-13(12)18-14(19)10-4-2-3-5-11(10)15(20)21/h2-3,6-8,10-11H,4-5H2,1H3,(H,18,19)(H,20,21). The molecule has 6 nitrogen and oxygen atoms in total. The van der Waals surface area contributed by atoms with Crippen LogP contribution >= 0.6 is 0 Å². The predicted octanol–water partition coefficient (Wildman–Crippen LogP) is 2.22. The lowest BCUT2D eigenvalue weighted by Crippen LogP contribution is -2.35. The highest BCUT2D eigenvalue weighted by Gasteiger charge is 2.34. The number of carboxylic acid groups (broad SMARTS) is 1. The van der Waals surface area contributed by atoms with E-state index in [9.17, 15) is 23.9 Å². The number of aliphatic carboxylic acids is 1. The molecule has 2 atom stereocenters. The van der Waals surface area contributed by atoms with Crippen LogP contribution in [-0.4, -0.2) is 30.1 Å². The van der Waals surface area contributed by atoms with Gasteiger partial charge in [0.25, 0.3) is 0 Å². The van der Waals surface area contributed by atoms with E-state index in [2.05, 4.69) is 10.1 Å². The molecule has 1 aromatic rings. The number of hydrogen-bond acceptors (Lipinski definition) is 4. The van der Waals surface area contributed by atoms with E-state index >= 15 is 0 Å². The van der Waals surface area contributed by atoms with Crippen molar-refractivity contribution in [3.8, 4) is 0 Å². The maximum Gasteiger partial charge on any atom is 0.339 e. The van der Waals surface area contributed by atoms with Gasteiger partial charge in [-0.1, -0.05) is 12.2 Å². The van der Waals surface area contributed by atoms with Gasteiger partial charge in [0.1, 0.15) is 5.82 Å². The Morgan fingerprint density at radius 1 is 1.22 bits per heavy atom. The van der Waals surface area contributed by atoms with Crippen LogP contribution in [0.15, 0.2) is 30.4 Å². The van der Waals surface area contributed by atoms with Crippen LogP contribution in [0.1, 0.15) is 23.2 Å². The predicted molar refractivity (Wildman–Crippen MR) is 79.4 cm³/mol. The summed E-state index contributed by atoms with van der Waals surface area (Å²) in [5.41, 5.74) is -0.0407. The topological polar surface area (TPSA) is 92.7 Å². The number of carbonyl (C=O) groups excluding carboxylic acids is 2. The lowest BCUT2D eigenvalue weighted by atomic mass is 9.82. The fourth-order valence-corrected chi connectivity index (χ4v) is 2.51. The Balaban J connectivity index is 2.26. The van der Waals surface area contributed by atoms with Gasteiger partial charge in [0.05, 0.1) is 30.2 Å². The van der Waals surface area contributed by atoms with Crippen LogP contribution in [0.3, 0.4) is 0 Å². The van der Waals surface area contributed by atoms with Crippen molar-refractivity contribution in [1.82, 2.24) is 0 Å². The summed E-state index contributed by atoms with van der Waals surface area (Å²) < 4.78 is 18.0. The normalized spacial score (nSPS) is 19.9. The number of carboxylic acids is 1. The number of rotatable bonds is 4. The lowest BCUT2D eigenvalue weighted by molar-refractivity contribution is -0.146. The molecule has 7 heteroatoms. The van der Waals surface area contributed by atoms with Gasteiger partial charge in [0, 0.05) is 0 Å². The summed E-state index contributed by atoms with van der Waals surface area (Å²) in [7, 11) is 1.17. The molecule has 1 aromatic carbocycles. The van der Waals surface area contributed by atoms with Crippen molar-refractivity contribution in [1.29, 1.82) is 0 Å². The zero-order chi connectivity index (χ0) is 17.0. The van der Waals surface area contributed by atoms with E-state index in [1.165, 1.54) is 13.2 Å². The number of halogens is 1. The molecule has 0 aromatic heterocycles. The van der Waals surface area contributed by atoms with E-state index in [0.717, 1.165) is 12.1 Å². The van der Waals surface area contributed by atoms with Crippen LogP contribution in [0.2, 0.25) is 0 Å². The van der Waals surface area contributed by atoms with Crippen molar-refractivity contribution in [3.05, 3.63) is 41.7 Å². The third kappa shape index (κ3) is 3.74. The molecule has 2 N–H and O–H groups in total. The summed E-state index contributed by atoms with van der Waals surface area (Å²) in [5.74, 6) is -4.63. The second kappa shape index (κ2) is 7.04. The fraction of sp³-hybridized carbons (Fsp3) is 0.312. The average molecular weight is 321 g/mol. The minimum absolute atomic E-state index is 0.000441. The van der Waals surface area contributed by atoms with Gasteiger partial charge in [-0.05, 0) is 31.0 Å². The highest BCUT2D eigenvalue weighted by Crippen LogP contribution is 2.28. The van der Waals surface area contributed by atoms with Crippen LogP contribution in [0.5, 0.6) is 0 Å². The molecule has 0 saturated heterocycles. The van der Waals surface area contributed by atoms with Gasteiger partial charge >= 0.3 is 11.9 Å². The zero-order valence-electron chi connectivity index (χ0n) is 12.4. The molecule has 0 saturated carbocycles. The van der Waals surface area contributed by atoms with Gasteiger partial charge in [0.15, 0.2) is 0 Å². The Labute approximate surface area is 131 Å². The second-order valence-electron chi connectivity index (χ2n) is 5.16. The molecular weight excluding hydrogens is 305 g/mol. The van der Waals surface area contributed by atoms with Crippen molar-refractivity contribution in [2.24, 2.45) is 11.8 Å². The number of carbonyl (C=O) groups is 3. The molecule has 2 rings (SSSR count). The molecule has 122 valence electrons. The Kier molecular flexibility index (Phi) is 5.10. The van der Waals surface area contributed by atoms with Crippen molar-refractivity contribution < 1.29 is 28.6 Å². The number of amides is 1. The van der Waals surface area contributed by atoms with Gasteiger partial charge in [-0.2, -0.15) is 0 Å². The van der Waals surface area contributed by atoms with E-state index in [1.807, 2.05) is 0 Å². The molecule has 1 aliphatic rings. The molecule has 0 spiro atoms. The van der Waals surface area contributed by atoms with Gasteiger partial charge in [-0.25, -0.2) is 9.18 Å². The van der Waals surface area contributed by atoms with E-state index in [4.69, 9.17) is 0 Å². The molecule has 0 bridgehead atoms. The Hall–Kier alpha value is -2.70. The van der Waals surface area contributed by atoms with Crippen molar-refractivity contribution >= 4 is 23.5 Å².